The molecule has 0 amide bonds. The molecular weight excluding hydrogens is 194 g/mol. The molecule has 0 aromatic carbocycles. The summed E-state index contributed by atoms with van der Waals surface area (Å²) in [6.45, 7) is 18.2. The molecule has 0 aliphatic carbocycles. The zero-order valence-electron chi connectivity index (χ0n) is 11.2. The molecule has 0 atom stereocenters. The van der Waals surface area contributed by atoms with E-state index in [1.165, 1.54) is 17.3 Å². The van der Waals surface area contributed by atoms with Gasteiger partial charge in [0, 0.05) is 12.4 Å². The van der Waals surface area contributed by atoms with Crippen molar-refractivity contribution in [1.29, 1.82) is 0 Å². The van der Waals surface area contributed by atoms with Gasteiger partial charge in [0.25, 0.3) is 0 Å². The Kier molecular flexibility index (Phi) is 6.40. The first-order valence-electron chi connectivity index (χ1n) is 5.59. The van der Waals surface area contributed by atoms with Crippen LogP contribution in [0.15, 0.2) is 52.7 Å². The van der Waals surface area contributed by atoms with Crippen LogP contribution in [0, 0.1) is 5.92 Å². The molecule has 0 heterocycles. The van der Waals surface area contributed by atoms with Crippen molar-refractivity contribution >= 4 is 6.21 Å². The number of nitrogens with zero attached hydrogens (tertiary/aromatic N) is 1. The SMILES string of the molecule is C=C/N=C\C(=C\C(=C(C)C)C(C)C)C(=C)C. The summed E-state index contributed by atoms with van der Waals surface area (Å²) in [4.78, 5) is 4.05. The molecule has 0 spiro atoms. The first-order chi connectivity index (χ1) is 7.40. The van der Waals surface area contributed by atoms with E-state index in [4.69, 9.17) is 0 Å². The van der Waals surface area contributed by atoms with E-state index in [0.29, 0.717) is 5.92 Å². The predicted molar refractivity (Wildman–Crippen MR) is 74.8 cm³/mol. The van der Waals surface area contributed by atoms with E-state index in [2.05, 4.69) is 51.9 Å². The molecule has 0 aliphatic heterocycles. The van der Waals surface area contributed by atoms with Gasteiger partial charge in [-0.2, -0.15) is 0 Å². The summed E-state index contributed by atoms with van der Waals surface area (Å²) >= 11 is 0. The van der Waals surface area contributed by atoms with E-state index in [-0.39, 0.29) is 0 Å². The number of hydrogen-bond donors (Lipinski definition) is 0. The van der Waals surface area contributed by atoms with Gasteiger partial charge >= 0.3 is 0 Å². The highest BCUT2D eigenvalue weighted by atomic mass is 14.7. The average molecular weight is 217 g/mol. The van der Waals surface area contributed by atoms with Crippen molar-refractivity contribution < 1.29 is 0 Å². The van der Waals surface area contributed by atoms with E-state index in [1.54, 1.807) is 6.21 Å². The summed E-state index contributed by atoms with van der Waals surface area (Å²) < 4.78 is 0. The van der Waals surface area contributed by atoms with E-state index in [9.17, 15) is 0 Å². The van der Waals surface area contributed by atoms with E-state index in [1.807, 2.05) is 6.92 Å². The van der Waals surface area contributed by atoms with Gasteiger partial charge in [-0.15, -0.1) is 0 Å². The van der Waals surface area contributed by atoms with Crippen LogP contribution in [0.1, 0.15) is 34.6 Å². The fourth-order valence-electron chi connectivity index (χ4n) is 1.46. The molecule has 0 saturated heterocycles. The zero-order chi connectivity index (χ0) is 12.7. The number of rotatable bonds is 5. The lowest BCUT2D eigenvalue weighted by Crippen LogP contribution is -1.97. The molecule has 0 saturated carbocycles. The van der Waals surface area contributed by atoms with Crippen molar-refractivity contribution in [1.82, 2.24) is 0 Å². The monoisotopic (exact) mass is 217 g/mol. The largest absolute Gasteiger partial charge is 0.265 e. The van der Waals surface area contributed by atoms with Crippen LogP contribution in [0.2, 0.25) is 0 Å². The summed E-state index contributed by atoms with van der Waals surface area (Å²) in [5.41, 5.74) is 4.75. The summed E-state index contributed by atoms with van der Waals surface area (Å²) in [6.07, 6.45) is 5.50. The van der Waals surface area contributed by atoms with Crippen LogP contribution in [-0.2, 0) is 0 Å². The van der Waals surface area contributed by atoms with Crippen LogP contribution < -0.4 is 0 Å². The maximum atomic E-state index is 4.05. The van der Waals surface area contributed by atoms with Crippen molar-refractivity contribution in [2.75, 3.05) is 0 Å². The van der Waals surface area contributed by atoms with Gasteiger partial charge in [-0.25, -0.2) is 0 Å². The molecule has 16 heavy (non-hydrogen) atoms. The fourth-order valence-corrected chi connectivity index (χ4v) is 1.46. The van der Waals surface area contributed by atoms with Gasteiger partial charge < -0.3 is 0 Å². The van der Waals surface area contributed by atoms with Crippen molar-refractivity contribution in [2.45, 2.75) is 34.6 Å². The van der Waals surface area contributed by atoms with Crippen molar-refractivity contribution in [3.63, 3.8) is 0 Å². The van der Waals surface area contributed by atoms with Crippen molar-refractivity contribution in [2.24, 2.45) is 10.9 Å². The molecule has 0 bridgehead atoms. The van der Waals surface area contributed by atoms with Crippen LogP contribution in [-0.4, -0.2) is 6.21 Å². The molecule has 0 aliphatic rings. The number of allylic oxidation sites excluding steroid dienone is 5. The third-order valence-electron chi connectivity index (χ3n) is 2.32. The highest BCUT2D eigenvalue weighted by Crippen LogP contribution is 2.19. The molecule has 0 fully saturated rings. The average Bonchev–Trinajstić information content (AvgIpc) is 2.16. The molecule has 0 aromatic heterocycles. The Hall–Kier alpha value is -1.37. The van der Waals surface area contributed by atoms with Gasteiger partial charge in [0.1, 0.15) is 0 Å². The maximum Gasteiger partial charge on any atom is 0.0342 e. The first kappa shape index (κ1) is 14.6. The van der Waals surface area contributed by atoms with E-state index in [0.717, 1.165) is 11.1 Å². The summed E-state index contributed by atoms with van der Waals surface area (Å²) in [6, 6.07) is 0. The molecular formula is C15H23N. The van der Waals surface area contributed by atoms with Gasteiger partial charge in [0.2, 0.25) is 0 Å². The van der Waals surface area contributed by atoms with Gasteiger partial charge in [0.15, 0.2) is 0 Å². The quantitative estimate of drug-likeness (QED) is 0.467. The fraction of sp³-hybridized carbons (Fsp3) is 0.400. The minimum absolute atomic E-state index is 0.511. The third kappa shape index (κ3) is 4.92. The second-order valence-corrected chi connectivity index (χ2v) is 4.45. The Morgan fingerprint density at radius 2 is 1.75 bits per heavy atom. The summed E-state index contributed by atoms with van der Waals surface area (Å²) in [5.74, 6) is 0.511. The normalized spacial score (nSPS) is 12.0. The Morgan fingerprint density at radius 3 is 2.06 bits per heavy atom. The van der Waals surface area contributed by atoms with Crippen LogP contribution in [0.5, 0.6) is 0 Å². The Balaban J connectivity index is 5.34. The van der Waals surface area contributed by atoms with Crippen molar-refractivity contribution in [3.8, 4) is 0 Å². The smallest absolute Gasteiger partial charge is 0.0342 e. The van der Waals surface area contributed by atoms with Gasteiger partial charge in [-0.3, -0.25) is 4.99 Å². The summed E-state index contributed by atoms with van der Waals surface area (Å²) in [7, 11) is 0. The van der Waals surface area contributed by atoms with Gasteiger partial charge in [-0.1, -0.05) is 32.6 Å². The standard InChI is InChI=1S/C15H23N/c1-8-16-10-14(11(2)3)9-15(12(4)5)13(6)7/h8-10,12H,1-2H2,3-7H3/b14-9-,16-10-. The second kappa shape index (κ2) is 7.00. The number of aliphatic imine (C=N–C) groups is 1. The Labute approximate surface area is 100.0 Å². The second-order valence-electron chi connectivity index (χ2n) is 4.45. The molecule has 0 aromatic rings. The summed E-state index contributed by atoms with van der Waals surface area (Å²) in [5, 5.41) is 0. The molecule has 0 N–H and O–H groups in total. The molecule has 0 rings (SSSR count). The molecule has 0 unspecified atom stereocenters. The van der Waals surface area contributed by atoms with Crippen LogP contribution in [0.25, 0.3) is 0 Å². The van der Waals surface area contributed by atoms with Crippen LogP contribution in [0.3, 0.4) is 0 Å². The highest BCUT2D eigenvalue weighted by molar-refractivity contribution is 5.85. The first-order valence-corrected chi connectivity index (χ1v) is 5.59. The van der Waals surface area contributed by atoms with Crippen LogP contribution in [0.4, 0.5) is 0 Å². The topological polar surface area (TPSA) is 12.4 Å². The Morgan fingerprint density at radius 1 is 1.19 bits per heavy atom. The van der Waals surface area contributed by atoms with Gasteiger partial charge in [-0.05, 0) is 49.5 Å². The maximum absolute atomic E-state index is 4.05. The third-order valence-corrected chi connectivity index (χ3v) is 2.32. The lowest BCUT2D eigenvalue weighted by molar-refractivity contribution is 0.779. The number of hydrogen-bond acceptors (Lipinski definition) is 1. The van der Waals surface area contributed by atoms with E-state index >= 15 is 0 Å². The van der Waals surface area contributed by atoms with Gasteiger partial charge in [0.05, 0.1) is 0 Å². The minimum Gasteiger partial charge on any atom is -0.265 e. The van der Waals surface area contributed by atoms with Crippen LogP contribution >= 0.6 is 0 Å². The lowest BCUT2D eigenvalue weighted by Gasteiger charge is -2.11. The zero-order valence-corrected chi connectivity index (χ0v) is 11.2. The molecule has 0 radical (unpaired) electrons. The molecule has 88 valence electrons. The molecule has 1 nitrogen and oxygen atoms in total. The Bertz CT molecular complexity index is 348. The predicted octanol–water partition coefficient (Wildman–Crippen LogP) is 4.70. The molecule has 1 heteroatoms. The van der Waals surface area contributed by atoms with E-state index < -0.39 is 0 Å². The highest BCUT2D eigenvalue weighted by Gasteiger charge is 2.04. The lowest BCUT2D eigenvalue weighted by atomic mass is 9.95. The minimum atomic E-state index is 0.511. The van der Waals surface area contributed by atoms with Crippen molar-refractivity contribution in [3.05, 3.63) is 47.7 Å².